The molecular formula is C23H36N6O8. The third-order valence-corrected chi connectivity index (χ3v) is 5.42. The van der Waals surface area contributed by atoms with Crippen molar-refractivity contribution < 1.29 is 39.3 Å². The lowest BCUT2D eigenvalue weighted by Gasteiger charge is -2.24. The standard InChI is InChI=1S/C23H36N6O8/c24-10-2-1-3-17(23(36)37)28-21(34)16(8-9-19(26)32)27-22(35)18(12-30)29-20(33)15(25)11-13-4-6-14(31)7-5-13/h4-7,15-18,30-31H,1-3,8-12,24-25H2,(H2,26,32)(H,27,35)(H,28,34)(H,29,33)(H,36,37). The number of benzene rings is 1. The number of carbonyl (C=O) groups excluding carboxylic acids is 4. The van der Waals surface area contributed by atoms with Crippen molar-refractivity contribution in [3.63, 3.8) is 0 Å². The van der Waals surface area contributed by atoms with E-state index in [2.05, 4.69) is 16.0 Å². The molecule has 0 saturated heterocycles. The number of hydrogen-bond acceptors (Lipinski definition) is 9. The molecule has 0 aliphatic rings. The lowest BCUT2D eigenvalue weighted by molar-refractivity contribution is -0.142. The van der Waals surface area contributed by atoms with Gasteiger partial charge in [-0.3, -0.25) is 19.2 Å². The summed E-state index contributed by atoms with van der Waals surface area (Å²) in [5.74, 6) is -4.58. The molecule has 4 amide bonds. The fourth-order valence-electron chi connectivity index (χ4n) is 3.30. The number of aliphatic carboxylic acids is 1. The number of phenols is 1. The van der Waals surface area contributed by atoms with Crippen LogP contribution >= 0.6 is 0 Å². The quantitative estimate of drug-likeness (QED) is 0.0944. The first kappa shape index (κ1) is 31.3. The van der Waals surface area contributed by atoms with E-state index in [1.165, 1.54) is 12.1 Å². The van der Waals surface area contributed by atoms with Gasteiger partial charge in [0.15, 0.2) is 0 Å². The number of primary amides is 1. The molecule has 0 spiro atoms. The first-order chi connectivity index (χ1) is 17.5. The molecule has 0 aliphatic heterocycles. The summed E-state index contributed by atoms with van der Waals surface area (Å²) < 4.78 is 0. The zero-order chi connectivity index (χ0) is 28.0. The van der Waals surface area contributed by atoms with E-state index in [9.17, 15) is 39.3 Å². The van der Waals surface area contributed by atoms with Crippen molar-refractivity contribution in [2.24, 2.45) is 17.2 Å². The van der Waals surface area contributed by atoms with Gasteiger partial charge in [0.25, 0.3) is 0 Å². The number of rotatable bonds is 17. The number of nitrogens with one attached hydrogen (secondary N) is 3. The lowest BCUT2D eigenvalue weighted by Crippen LogP contribution is -2.58. The summed E-state index contributed by atoms with van der Waals surface area (Å²) in [7, 11) is 0. The van der Waals surface area contributed by atoms with Crippen molar-refractivity contribution in [3.05, 3.63) is 29.8 Å². The molecule has 0 heterocycles. The summed E-state index contributed by atoms with van der Waals surface area (Å²) in [4.78, 5) is 60.7. The maximum atomic E-state index is 12.8. The molecule has 14 nitrogen and oxygen atoms in total. The molecule has 14 heteroatoms. The summed E-state index contributed by atoms with van der Waals surface area (Å²) in [5, 5.41) is 35.3. The van der Waals surface area contributed by atoms with Crippen molar-refractivity contribution in [1.29, 1.82) is 0 Å². The number of aliphatic hydroxyl groups excluding tert-OH is 1. The molecule has 0 aromatic heterocycles. The van der Waals surface area contributed by atoms with Crippen molar-refractivity contribution in [1.82, 2.24) is 16.0 Å². The van der Waals surface area contributed by atoms with Gasteiger partial charge in [-0.2, -0.15) is 0 Å². The lowest BCUT2D eigenvalue weighted by atomic mass is 10.0. The summed E-state index contributed by atoms with van der Waals surface area (Å²) in [6, 6.07) is 0.795. The monoisotopic (exact) mass is 524 g/mol. The smallest absolute Gasteiger partial charge is 0.326 e. The minimum Gasteiger partial charge on any atom is -0.508 e. The zero-order valence-electron chi connectivity index (χ0n) is 20.4. The Hall–Kier alpha value is -3.75. The normalized spacial score (nSPS) is 14.0. The zero-order valence-corrected chi connectivity index (χ0v) is 20.4. The number of amides is 4. The average molecular weight is 525 g/mol. The van der Waals surface area contributed by atoms with Crippen LogP contribution < -0.4 is 33.2 Å². The van der Waals surface area contributed by atoms with E-state index < -0.39 is 60.4 Å². The highest BCUT2D eigenvalue weighted by Gasteiger charge is 2.30. The van der Waals surface area contributed by atoms with Crippen LogP contribution in [0.25, 0.3) is 0 Å². The van der Waals surface area contributed by atoms with Crippen LogP contribution in [0.15, 0.2) is 24.3 Å². The molecule has 1 aromatic carbocycles. The molecule has 1 aromatic rings. The average Bonchev–Trinajstić information content (AvgIpc) is 2.85. The number of hydrogen-bond donors (Lipinski definition) is 9. The van der Waals surface area contributed by atoms with E-state index in [1.54, 1.807) is 12.1 Å². The Balaban J connectivity index is 2.85. The first-order valence-corrected chi connectivity index (χ1v) is 11.7. The predicted octanol–water partition coefficient (Wildman–Crippen LogP) is -2.81. The van der Waals surface area contributed by atoms with Crippen molar-refractivity contribution in [2.45, 2.75) is 62.7 Å². The largest absolute Gasteiger partial charge is 0.508 e. The number of carboxylic acid groups (broad SMARTS) is 1. The number of carbonyl (C=O) groups is 5. The minimum absolute atomic E-state index is 0.0407. The van der Waals surface area contributed by atoms with Crippen molar-refractivity contribution >= 4 is 29.6 Å². The first-order valence-electron chi connectivity index (χ1n) is 11.7. The Bertz CT molecular complexity index is 926. The van der Waals surface area contributed by atoms with Gasteiger partial charge >= 0.3 is 5.97 Å². The summed E-state index contributed by atoms with van der Waals surface area (Å²) >= 11 is 0. The fourth-order valence-corrected chi connectivity index (χ4v) is 3.30. The molecular weight excluding hydrogens is 488 g/mol. The second-order valence-electron chi connectivity index (χ2n) is 8.47. The third kappa shape index (κ3) is 11.7. The highest BCUT2D eigenvalue weighted by molar-refractivity contribution is 5.94. The number of carboxylic acids is 1. The molecule has 4 atom stereocenters. The van der Waals surface area contributed by atoms with E-state index in [-0.39, 0.29) is 31.4 Å². The van der Waals surface area contributed by atoms with Gasteiger partial charge < -0.3 is 48.5 Å². The van der Waals surface area contributed by atoms with Gasteiger partial charge in [-0.25, -0.2) is 4.79 Å². The van der Waals surface area contributed by atoms with E-state index in [1.807, 2.05) is 0 Å². The molecule has 0 fully saturated rings. The summed E-state index contributed by atoms with van der Waals surface area (Å²) in [6.45, 7) is -0.477. The van der Waals surface area contributed by atoms with Gasteiger partial charge in [-0.1, -0.05) is 12.1 Å². The summed E-state index contributed by atoms with van der Waals surface area (Å²) in [5.41, 5.74) is 17.1. The highest BCUT2D eigenvalue weighted by Crippen LogP contribution is 2.11. The Labute approximate surface area is 213 Å². The number of aliphatic hydroxyl groups is 1. The molecule has 4 unspecified atom stereocenters. The van der Waals surface area contributed by atoms with Gasteiger partial charge in [-0.15, -0.1) is 0 Å². The van der Waals surface area contributed by atoms with E-state index >= 15 is 0 Å². The van der Waals surface area contributed by atoms with E-state index in [4.69, 9.17) is 17.2 Å². The molecule has 206 valence electrons. The Kier molecular flexibility index (Phi) is 13.6. The SMILES string of the molecule is NCCCCC(NC(=O)C(CCC(N)=O)NC(=O)C(CO)NC(=O)C(N)Cc1ccc(O)cc1)C(=O)O. The Morgan fingerprint density at radius 3 is 1.95 bits per heavy atom. The van der Waals surface area contributed by atoms with Gasteiger partial charge in [0.05, 0.1) is 12.6 Å². The van der Waals surface area contributed by atoms with Crippen molar-refractivity contribution in [2.75, 3.05) is 13.2 Å². The van der Waals surface area contributed by atoms with Crippen LogP contribution in [0.3, 0.4) is 0 Å². The van der Waals surface area contributed by atoms with Crippen molar-refractivity contribution in [3.8, 4) is 5.75 Å². The Morgan fingerprint density at radius 1 is 0.838 bits per heavy atom. The van der Waals surface area contributed by atoms with Gasteiger partial charge in [0.1, 0.15) is 23.9 Å². The van der Waals surface area contributed by atoms with E-state index in [0.717, 1.165) is 0 Å². The van der Waals surface area contributed by atoms with Crippen LogP contribution in [0.4, 0.5) is 0 Å². The number of aromatic hydroxyl groups is 1. The highest BCUT2D eigenvalue weighted by atomic mass is 16.4. The minimum atomic E-state index is -1.48. The molecule has 0 aliphatic carbocycles. The fraction of sp³-hybridized carbons (Fsp3) is 0.522. The Morgan fingerprint density at radius 2 is 1.41 bits per heavy atom. The number of unbranched alkanes of at least 4 members (excludes halogenated alkanes) is 1. The topological polar surface area (TPSA) is 260 Å². The molecule has 0 bridgehead atoms. The third-order valence-electron chi connectivity index (χ3n) is 5.42. The molecule has 1 rings (SSSR count). The summed E-state index contributed by atoms with van der Waals surface area (Å²) in [6.07, 6.45) is 0.633. The maximum absolute atomic E-state index is 12.8. The van der Waals surface area contributed by atoms with Gasteiger partial charge in [0.2, 0.25) is 23.6 Å². The van der Waals surface area contributed by atoms with Crippen LogP contribution in [-0.4, -0.2) is 82.2 Å². The second-order valence-corrected chi connectivity index (χ2v) is 8.47. The molecule has 0 radical (unpaired) electrons. The van der Waals surface area contributed by atoms with E-state index in [0.29, 0.717) is 24.9 Å². The van der Waals surface area contributed by atoms with Crippen LogP contribution in [0.2, 0.25) is 0 Å². The van der Waals surface area contributed by atoms with Crippen LogP contribution in [0.1, 0.15) is 37.7 Å². The van der Waals surface area contributed by atoms with Crippen LogP contribution in [-0.2, 0) is 30.4 Å². The van der Waals surface area contributed by atoms with Crippen LogP contribution in [0, 0.1) is 0 Å². The number of phenolic OH excluding ortho intramolecular Hbond substituents is 1. The molecule has 37 heavy (non-hydrogen) atoms. The molecule has 0 saturated carbocycles. The number of nitrogens with two attached hydrogens (primary N) is 3. The second kappa shape index (κ2) is 16.1. The van der Waals surface area contributed by atoms with Gasteiger partial charge in [0, 0.05) is 6.42 Å². The van der Waals surface area contributed by atoms with Gasteiger partial charge in [-0.05, 0) is 56.3 Å². The molecule has 12 N–H and O–H groups in total. The maximum Gasteiger partial charge on any atom is 0.326 e. The van der Waals surface area contributed by atoms with Crippen LogP contribution in [0.5, 0.6) is 5.75 Å². The predicted molar refractivity (Wildman–Crippen MR) is 132 cm³/mol.